The number of nitrogens with zero attached hydrogens (tertiary/aromatic N) is 1. The van der Waals surface area contributed by atoms with Gasteiger partial charge in [0.2, 0.25) is 5.91 Å². The number of carbonyl (C=O) groups excluding carboxylic acids is 1. The van der Waals surface area contributed by atoms with Crippen LogP contribution in [0.3, 0.4) is 0 Å². The lowest BCUT2D eigenvalue weighted by Gasteiger charge is -2.31. The molecule has 0 radical (unpaired) electrons. The maximum absolute atomic E-state index is 11.2. The van der Waals surface area contributed by atoms with Gasteiger partial charge in [-0.2, -0.15) is 0 Å². The van der Waals surface area contributed by atoms with Crippen LogP contribution in [0, 0.1) is 5.92 Å². The summed E-state index contributed by atoms with van der Waals surface area (Å²) < 4.78 is 0. The van der Waals surface area contributed by atoms with Crippen LogP contribution >= 0.6 is 11.6 Å². The van der Waals surface area contributed by atoms with E-state index in [9.17, 15) is 4.79 Å². The van der Waals surface area contributed by atoms with Gasteiger partial charge in [-0.3, -0.25) is 15.1 Å². The summed E-state index contributed by atoms with van der Waals surface area (Å²) in [6, 6.07) is 7.98. The Morgan fingerprint density at radius 3 is 2.45 bits per heavy atom. The van der Waals surface area contributed by atoms with Gasteiger partial charge in [-0.05, 0) is 49.5 Å². The largest absolute Gasteiger partial charge is 0.299 e. The van der Waals surface area contributed by atoms with Crippen molar-refractivity contribution in [2.75, 3.05) is 13.1 Å². The fourth-order valence-corrected chi connectivity index (χ4v) is 2.64. The van der Waals surface area contributed by atoms with Crippen LogP contribution in [0.2, 0.25) is 5.02 Å². The van der Waals surface area contributed by atoms with Gasteiger partial charge in [0, 0.05) is 18.0 Å². The minimum atomic E-state index is -0.0591. The number of hydrazine groups is 1. The van der Waals surface area contributed by atoms with Crippen molar-refractivity contribution in [3.63, 3.8) is 0 Å². The molecule has 1 aliphatic rings. The standard InChI is InChI=1S/C14H20ClN3O.CH4/c15-13-3-1-12(2-4-13)10-18-7-5-11(6-8-18)9-14(19)17-16;/h1-4,11H,5-10,16H2,(H,17,19);1H4. The molecule has 1 heterocycles. The zero-order valence-electron chi connectivity index (χ0n) is 10.9. The van der Waals surface area contributed by atoms with Crippen LogP contribution in [0.5, 0.6) is 0 Å². The molecule has 1 aromatic rings. The molecule has 0 aromatic heterocycles. The second-order valence-electron chi connectivity index (χ2n) is 5.12. The number of hydrogen-bond acceptors (Lipinski definition) is 3. The van der Waals surface area contributed by atoms with E-state index in [2.05, 4.69) is 22.5 Å². The Morgan fingerprint density at radius 2 is 1.90 bits per heavy atom. The number of amides is 1. The minimum absolute atomic E-state index is 0. The van der Waals surface area contributed by atoms with E-state index in [1.165, 1.54) is 5.56 Å². The van der Waals surface area contributed by atoms with Gasteiger partial charge in [0.15, 0.2) is 0 Å². The van der Waals surface area contributed by atoms with Gasteiger partial charge in [-0.25, -0.2) is 5.84 Å². The number of nitrogens with one attached hydrogen (secondary N) is 1. The lowest BCUT2D eigenvalue weighted by Crippen LogP contribution is -2.37. The molecule has 5 heteroatoms. The number of nitrogens with two attached hydrogens (primary N) is 1. The predicted octanol–water partition coefficient (Wildman–Crippen LogP) is 2.57. The summed E-state index contributed by atoms with van der Waals surface area (Å²) in [7, 11) is 0. The minimum Gasteiger partial charge on any atom is -0.299 e. The highest BCUT2D eigenvalue weighted by molar-refractivity contribution is 6.30. The van der Waals surface area contributed by atoms with Crippen molar-refractivity contribution in [3.05, 3.63) is 34.9 Å². The van der Waals surface area contributed by atoms with Crippen LogP contribution < -0.4 is 11.3 Å². The molecular formula is C15H24ClN3O. The van der Waals surface area contributed by atoms with Crippen molar-refractivity contribution in [1.82, 2.24) is 10.3 Å². The number of rotatable bonds is 4. The average molecular weight is 298 g/mol. The molecule has 0 bridgehead atoms. The number of hydrogen-bond donors (Lipinski definition) is 2. The smallest absolute Gasteiger partial charge is 0.234 e. The van der Waals surface area contributed by atoms with Crippen molar-refractivity contribution >= 4 is 17.5 Å². The highest BCUT2D eigenvalue weighted by atomic mass is 35.5. The molecule has 0 saturated carbocycles. The van der Waals surface area contributed by atoms with E-state index >= 15 is 0 Å². The third kappa shape index (κ3) is 5.12. The van der Waals surface area contributed by atoms with Gasteiger partial charge < -0.3 is 0 Å². The maximum Gasteiger partial charge on any atom is 0.234 e. The molecule has 1 saturated heterocycles. The van der Waals surface area contributed by atoms with E-state index in [1.807, 2.05) is 12.1 Å². The molecule has 0 aliphatic carbocycles. The summed E-state index contributed by atoms with van der Waals surface area (Å²) in [4.78, 5) is 13.6. The van der Waals surface area contributed by atoms with Crippen LogP contribution in [-0.4, -0.2) is 23.9 Å². The van der Waals surface area contributed by atoms with Crippen LogP contribution in [-0.2, 0) is 11.3 Å². The summed E-state index contributed by atoms with van der Waals surface area (Å²) in [5, 5.41) is 0.773. The van der Waals surface area contributed by atoms with E-state index in [1.54, 1.807) is 0 Å². The number of piperidine rings is 1. The third-order valence-corrected chi connectivity index (χ3v) is 3.91. The van der Waals surface area contributed by atoms with E-state index in [4.69, 9.17) is 17.4 Å². The van der Waals surface area contributed by atoms with E-state index in [0.717, 1.165) is 37.5 Å². The predicted molar refractivity (Wildman–Crippen MR) is 83.1 cm³/mol. The molecule has 0 spiro atoms. The SMILES string of the molecule is C.NNC(=O)CC1CCN(Cc2ccc(Cl)cc2)CC1. The molecule has 0 unspecified atom stereocenters. The van der Waals surface area contributed by atoms with Crippen molar-refractivity contribution in [3.8, 4) is 0 Å². The molecule has 3 N–H and O–H groups in total. The van der Waals surface area contributed by atoms with Crippen molar-refractivity contribution in [1.29, 1.82) is 0 Å². The van der Waals surface area contributed by atoms with Crippen molar-refractivity contribution in [2.45, 2.75) is 33.2 Å². The van der Waals surface area contributed by atoms with Gasteiger partial charge in [0.05, 0.1) is 0 Å². The van der Waals surface area contributed by atoms with Crippen LogP contribution in [0.15, 0.2) is 24.3 Å². The molecule has 112 valence electrons. The van der Waals surface area contributed by atoms with E-state index in [-0.39, 0.29) is 13.3 Å². The monoisotopic (exact) mass is 297 g/mol. The molecule has 1 aromatic carbocycles. The molecule has 0 atom stereocenters. The summed E-state index contributed by atoms with van der Waals surface area (Å²) >= 11 is 5.87. The normalized spacial score (nSPS) is 16.5. The Morgan fingerprint density at radius 1 is 1.30 bits per heavy atom. The summed E-state index contributed by atoms with van der Waals surface area (Å²) in [5.41, 5.74) is 3.48. The first-order valence-electron chi connectivity index (χ1n) is 6.63. The Labute approximate surface area is 126 Å². The second-order valence-corrected chi connectivity index (χ2v) is 5.55. The first-order valence-corrected chi connectivity index (χ1v) is 7.01. The van der Waals surface area contributed by atoms with Crippen LogP contribution in [0.1, 0.15) is 32.3 Å². The highest BCUT2D eigenvalue weighted by Crippen LogP contribution is 2.22. The summed E-state index contributed by atoms with van der Waals surface area (Å²) in [6.45, 7) is 3.02. The number of halogens is 1. The zero-order chi connectivity index (χ0) is 13.7. The number of benzene rings is 1. The number of likely N-dealkylation sites (tertiary alicyclic amines) is 1. The molecule has 1 amide bonds. The molecule has 1 fully saturated rings. The second kappa shape index (κ2) is 8.25. The Hall–Kier alpha value is -1.10. The zero-order valence-corrected chi connectivity index (χ0v) is 11.7. The first kappa shape index (κ1) is 17.0. The molecular weight excluding hydrogens is 274 g/mol. The van der Waals surface area contributed by atoms with E-state index in [0.29, 0.717) is 12.3 Å². The molecule has 2 rings (SSSR count). The highest BCUT2D eigenvalue weighted by Gasteiger charge is 2.21. The molecule has 1 aliphatic heterocycles. The van der Waals surface area contributed by atoms with E-state index < -0.39 is 0 Å². The summed E-state index contributed by atoms with van der Waals surface area (Å²) in [5.74, 6) is 5.51. The van der Waals surface area contributed by atoms with Gasteiger partial charge in [0.1, 0.15) is 0 Å². The summed E-state index contributed by atoms with van der Waals surface area (Å²) in [6.07, 6.45) is 2.66. The topological polar surface area (TPSA) is 58.4 Å². The third-order valence-electron chi connectivity index (χ3n) is 3.66. The van der Waals surface area contributed by atoms with Crippen LogP contribution in [0.25, 0.3) is 0 Å². The van der Waals surface area contributed by atoms with Crippen molar-refractivity contribution < 1.29 is 4.79 Å². The Balaban J connectivity index is 0.00000200. The van der Waals surface area contributed by atoms with Crippen LogP contribution in [0.4, 0.5) is 0 Å². The lowest BCUT2D eigenvalue weighted by atomic mass is 9.93. The van der Waals surface area contributed by atoms with Gasteiger partial charge in [-0.15, -0.1) is 0 Å². The Kier molecular flexibility index (Phi) is 6.99. The quantitative estimate of drug-likeness (QED) is 0.510. The van der Waals surface area contributed by atoms with Gasteiger partial charge >= 0.3 is 0 Å². The lowest BCUT2D eigenvalue weighted by molar-refractivity contribution is -0.122. The fraction of sp³-hybridized carbons (Fsp3) is 0.533. The number of carbonyl (C=O) groups is 1. The van der Waals surface area contributed by atoms with Crippen molar-refractivity contribution in [2.24, 2.45) is 11.8 Å². The van der Waals surface area contributed by atoms with Gasteiger partial charge in [0.25, 0.3) is 0 Å². The molecule has 4 nitrogen and oxygen atoms in total. The fourth-order valence-electron chi connectivity index (χ4n) is 2.52. The molecule has 20 heavy (non-hydrogen) atoms. The van der Waals surface area contributed by atoms with Gasteiger partial charge in [-0.1, -0.05) is 31.2 Å². The average Bonchev–Trinajstić information content (AvgIpc) is 2.43. The first-order chi connectivity index (χ1) is 9.17. The maximum atomic E-state index is 11.2. The Bertz CT molecular complexity index is 414.